The Balaban J connectivity index is 1.85. The van der Waals surface area contributed by atoms with Crippen molar-refractivity contribution in [3.05, 3.63) is 35.9 Å². The first kappa shape index (κ1) is 18.9. The lowest BCUT2D eigenvalue weighted by Gasteiger charge is -2.37. The molecule has 2 fully saturated rings. The first-order valence-corrected chi connectivity index (χ1v) is 9.41. The number of likely N-dealkylation sites (tertiary alicyclic amines) is 1. The van der Waals surface area contributed by atoms with Crippen molar-refractivity contribution in [3.8, 4) is 0 Å². The van der Waals surface area contributed by atoms with Gasteiger partial charge in [-0.3, -0.25) is 4.48 Å². The number of benzene rings is 1. The molecule has 1 aliphatic heterocycles. The van der Waals surface area contributed by atoms with Gasteiger partial charge in [0.25, 0.3) is 0 Å². The molecule has 1 saturated carbocycles. The third-order valence-corrected chi connectivity index (χ3v) is 6.03. The molecule has 1 aromatic carbocycles. The number of hydrogen-bond donors (Lipinski definition) is 2. The number of ether oxygens (including phenoxy) is 1. The Morgan fingerprint density at radius 3 is 2.42 bits per heavy atom. The lowest BCUT2D eigenvalue weighted by Crippen LogP contribution is -2.55. The van der Waals surface area contributed by atoms with Gasteiger partial charge >= 0.3 is 11.9 Å². The van der Waals surface area contributed by atoms with Gasteiger partial charge in [0.2, 0.25) is 6.23 Å². The molecule has 26 heavy (non-hydrogen) atoms. The van der Waals surface area contributed by atoms with Crippen LogP contribution in [-0.2, 0) is 19.9 Å². The van der Waals surface area contributed by atoms with E-state index in [9.17, 15) is 19.8 Å². The zero-order chi connectivity index (χ0) is 18.8. The van der Waals surface area contributed by atoms with Crippen LogP contribution in [0.1, 0.15) is 44.1 Å². The molecule has 1 saturated heterocycles. The normalized spacial score (nSPS) is 28.6. The van der Waals surface area contributed by atoms with Crippen LogP contribution < -0.4 is 0 Å². The monoisotopic (exact) mass is 362 g/mol. The second-order valence-corrected chi connectivity index (χ2v) is 7.87. The second-order valence-electron chi connectivity index (χ2n) is 7.87. The largest absolute Gasteiger partial charge is 0.477 e. The van der Waals surface area contributed by atoms with E-state index in [-0.39, 0.29) is 16.9 Å². The minimum Gasteiger partial charge on any atom is -0.477 e. The molecule has 6 heteroatoms. The molecule has 1 aromatic rings. The van der Waals surface area contributed by atoms with Gasteiger partial charge in [-0.15, -0.1) is 0 Å². The number of carboxylic acid groups (broad SMARTS) is 1. The summed E-state index contributed by atoms with van der Waals surface area (Å²) in [5.74, 6) is -1.72. The Hall–Kier alpha value is -1.92. The van der Waals surface area contributed by atoms with Crippen LogP contribution in [0.4, 0.5) is 0 Å². The molecule has 6 nitrogen and oxygen atoms in total. The Bertz CT molecular complexity index is 657. The summed E-state index contributed by atoms with van der Waals surface area (Å²) in [4.78, 5) is 24.4. The van der Waals surface area contributed by atoms with Crippen LogP contribution in [0, 0.1) is 5.92 Å². The van der Waals surface area contributed by atoms with Gasteiger partial charge in [-0.25, -0.2) is 9.59 Å². The molecule has 1 aliphatic carbocycles. The van der Waals surface area contributed by atoms with E-state index < -0.39 is 23.8 Å². The second kappa shape index (κ2) is 7.37. The topological polar surface area (TPSA) is 83.8 Å². The molecule has 0 radical (unpaired) electrons. The van der Waals surface area contributed by atoms with Gasteiger partial charge in [-0.05, 0) is 18.4 Å². The van der Waals surface area contributed by atoms with Crippen molar-refractivity contribution in [1.29, 1.82) is 0 Å². The summed E-state index contributed by atoms with van der Waals surface area (Å²) in [7, 11) is 1.80. The Labute approximate surface area is 154 Å². The Morgan fingerprint density at radius 2 is 1.81 bits per heavy atom. The number of aliphatic hydroxyl groups is 1. The van der Waals surface area contributed by atoms with E-state index in [0.717, 1.165) is 32.1 Å². The predicted molar refractivity (Wildman–Crippen MR) is 95.0 cm³/mol. The highest BCUT2D eigenvalue weighted by atomic mass is 16.6. The van der Waals surface area contributed by atoms with E-state index in [2.05, 4.69) is 0 Å². The average molecular weight is 362 g/mol. The highest BCUT2D eigenvalue weighted by molar-refractivity contribution is 5.81. The predicted octanol–water partition coefficient (Wildman–Crippen LogP) is 2.26. The zero-order valence-corrected chi connectivity index (χ0v) is 15.3. The van der Waals surface area contributed by atoms with Crippen LogP contribution in [-0.4, -0.2) is 53.0 Å². The van der Waals surface area contributed by atoms with Crippen LogP contribution in [0.25, 0.3) is 0 Å². The van der Waals surface area contributed by atoms with Gasteiger partial charge in [0.1, 0.15) is 0 Å². The lowest BCUT2D eigenvalue weighted by molar-refractivity contribution is -0.933. The molecule has 3 unspecified atom stereocenters. The number of esters is 1. The number of likely N-dealkylation sites (N-methyl/N-ethyl adjacent to an activating group) is 1. The molecular formula is C20H28NO5+. The molecule has 1 heterocycles. The highest BCUT2D eigenvalue weighted by Gasteiger charge is 2.51. The fourth-order valence-electron chi connectivity index (χ4n) is 4.53. The van der Waals surface area contributed by atoms with Crippen LogP contribution >= 0.6 is 0 Å². The number of carboxylic acids is 1. The maximum Gasteiger partial charge on any atom is 0.359 e. The SMILES string of the molecule is C[N+]1(CC(=O)O)CCCC1OC(=O)C(O)(c1ccccc1)C1CCCC1. The van der Waals surface area contributed by atoms with Crippen LogP contribution in [0.5, 0.6) is 0 Å². The van der Waals surface area contributed by atoms with E-state index in [1.54, 1.807) is 19.2 Å². The zero-order valence-electron chi connectivity index (χ0n) is 15.3. The number of carbonyl (C=O) groups is 2. The van der Waals surface area contributed by atoms with Crippen molar-refractivity contribution in [2.24, 2.45) is 5.92 Å². The first-order chi connectivity index (χ1) is 12.4. The Kier molecular flexibility index (Phi) is 5.34. The van der Waals surface area contributed by atoms with Gasteiger partial charge in [-0.1, -0.05) is 43.2 Å². The molecule has 0 spiro atoms. The number of carbonyl (C=O) groups excluding carboxylic acids is 1. The molecular weight excluding hydrogens is 334 g/mol. The van der Waals surface area contributed by atoms with Crippen LogP contribution in [0.2, 0.25) is 0 Å². The van der Waals surface area contributed by atoms with Gasteiger partial charge in [0, 0.05) is 18.8 Å². The summed E-state index contributed by atoms with van der Waals surface area (Å²) >= 11 is 0. The van der Waals surface area contributed by atoms with Crippen molar-refractivity contribution < 1.29 is 29.0 Å². The third-order valence-electron chi connectivity index (χ3n) is 6.03. The van der Waals surface area contributed by atoms with E-state index in [1.807, 2.05) is 18.2 Å². The van der Waals surface area contributed by atoms with Gasteiger partial charge < -0.3 is 14.9 Å². The summed E-state index contributed by atoms with van der Waals surface area (Å²) in [6.07, 6.45) is 4.43. The summed E-state index contributed by atoms with van der Waals surface area (Å²) < 4.78 is 5.94. The van der Waals surface area contributed by atoms with Gasteiger partial charge in [0.15, 0.2) is 12.1 Å². The molecule has 0 bridgehead atoms. The average Bonchev–Trinajstić information content (AvgIpc) is 3.25. The fraction of sp³-hybridized carbons (Fsp3) is 0.600. The van der Waals surface area contributed by atoms with Crippen LogP contribution in [0.15, 0.2) is 30.3 Å². The number of rotatable bonds is 6. The van der Waals surface area contributed by atoms with E-state index in [0.29, 0.717) is 18.5 Å². The van der Waals surface area contributed by atoms with E-state index in [4.69, 9.17) is 4.74 Å². The molecule has 0 amide bonds. The minimum absolute atomic E-state index is 0.0921. The molecule has 3 rings (SSSR count). The van der Waals surface area contributed by atoms with Crippen molar-refractivity contribution in [2.45, 2.75) is 50.4 Å². The Morgan fingerprint density at radius 1 is 1.15 bits per heavy atom. The maximum absolute atomic E-state index is 13.2. The molecule has 0 aromatic heterocycles. The lowest BCUT2D eigenvalue weighted by atomic mass is 9.80. The summed E-state index contributed by atoms with van der Waals surface area (Å²) in [5.41, 5.74) is -1.11. The molecule has 142 valence electrons. The minimum atomic E-state index is -1.67. The quantitative estimate of drug-likeness (QED) is 0.599. The third kappa shape index (κ3) is 3.48. The van der Waals surface area contributed by atoms with Crippen molar-refractivity contribution in [1.82, 2.24) is 0 Å². The maximum atomic E-state index is 13.2. The smallest absolute Gasteiger partial charge is 0.359 e. The number of aliphatic carboxylic acids is 1. The van der Waals surface area contributed by atoms with Gasteiger partial charge in [-0.2, -0.15) is 0 Å². The number of quaternary nitrogens is 1. The summed E-state index contributed by atoms with van der Waals surface area (Å²) in [5, 5.41) is 20.7. The number of nitrogens with zero attached hydrogens (tertiary/aromatic N) is 1. The van der Waals surface area contributed by atoms with Crippen molar-refractivity contribution in [2.75, 3.05) is 20.1 Å². The van der Waals surface area contributed by atoms with Crippen molar-refractivity contribution in [3.63, 3.8) is 0 Å². The summed E-state index contributed by atoms with van der Waals surface area (Å²) in [6, 6.07) is 8.99. The number of hydrogen-bond acceptors (Lipinski definition) is 4. The highest BCUT2D eigenvalue weighted by Crippen LogP contribution is 2.42. The van der Waals surface area contributed by atoms with E-state index >= 15 is 0 Å². The molecule has 2 aliphatic rings. The fourth-order valence-corrected chi connectivity index (χ4v) is 4.53. The summed E-state index contributed by atoms with van der Waals surface area (Å²) in [6.45, 7) is 0.558. The van der Waals surface area contributed by atoms with Crippen molar-refractivity contribution >= 4 is 11.9 Å². The molecule has 3 atom stereocenters. The van der Waals surface area contributed by atoms with E-state index in [1.165, 1.54) is 0 Å². The molecule has 2 N–H and O–H groups in total. The van der Waals surface area contributed by atoms with Crippen LogP contribution in [0.3, 0.4) is 0 Å². The van der Waals surface area contributed by atoms with Gasteiger partial charge in [0.05, 0.1) is 13.6 Å². The standard InChI is InChI=1S/C20H27NO5/c1-21(14-18(22)23)13-7-12-17(21)26-19(24)20(25,16-10-5-6-11-16)15-8-3-2-4-9-15/h2-4,8-9,16-17,25H,5-7,10-14H2,1H3/p+1. The first-order valence-electron chi connectivity index (χ1n) is 9.41.